The van der Waals surface area contributed by atoms with Crippen molar-refractivity contribution in [3.8, 4) is 22.6 Å². The molecule has 0 aliphatic rings. The van der Waals surface area contributed by atoms with E-state index in [4.69, 9.17) is 34.8 Å². The molecule has 1 aromatic carbocycles. The number of halogens is 3. The molecule has 0 atom stereocenters. The summed E-state index contributed by atoms with van der Waals surface area (Å²) in [5, 5.41) is 0.949. The molecule has 0 fully saturated rings. The second-order valence-corrected chi connectivity index (χ2v) is 5.20. The van der Waals surface area contributed by atoms with Gasteiger partial charge < -0.3 is 0 Å². The van der Waals surface area contributed by atoms with Crippen LogP contribution in [0.15, 0.2) is 42.9 Å². The van der Waals surface area contributed by atoms with Crippen LogP contribution in [0.1, 0.15) is 0 Å². The molecular formula is C14H7Cl3N4. The molecule has 4 nitrogen and oxygen atoms in total. The van der Waals surface area contributed by atoms with Crippen molar-refractivity contribution in [3.05, 3.63) is 58.2 Å². The first kappa shape index (κ1) is 14.2. The lowest BCUT2D eigenvalue weighted by Crippen LogP contribution is -1.96. The third-order valence-corrected chi connectivity index (χ3v) is 3.63. The summed E-state index contributed by atoms with van der Waals surface area (Å²) in [4.78, 5) is 16.5. The molecule has 3 aromatic rings. The van der Waals surface area contributed by atoms with Crippen molar-refractivity contribution in [2.75, 3.05) is 0 Å². The minimum atomic E-state index is 0.212. The molecule has 2 aromatic heterocycles. The van der Waals surface area contributed by atoms with Gasteiger partial charge in [-0.3, -0.25) is 4.98 Å². The van der Waals surface area contributed by atoms with E-state index in [1.807, 2.05) is 12.1 Å². The lowest BCUT2D eigenvalue weighted by molar-refractivity contribution is 1.11. The second-order valence-electron chi connectivity index (χ2n) is 4.07. The molecule has 0 aliphatic carbocycles. The lowest BCUT2D eigenvalue weighted by Gasteiger charge is -2.09. The zero-order valence-corrected chi connectivity index (χ0v) is 12.7. The van der Waals surface area contributed by atoms with E-state index in [9.17, 15) is 0 Å². The van der Waals surface area contributed by atoms with E-state index in [1.54, 1.807) is 24.5 Å². The van der Waals surface area contributed by atoms with Crippen molar-refractivity contribution < 1.29 is 0 Å². The molecule has 104 valence electrons. The molecule has 7 heteroatoms. The smallest absolute Gasteiger partial charge is 0.182 e. The standard InChI is InChI=1S/C14H7Cl3N4/c15-9-4-2-1-3-8(9)11-12(16)20-14(21-13(11)17)10-7-18-5-6-19-10/h1-7H. The average molecular weight is 338 g/mol. The fourth-order valence-corrected chi connectivity index (χ4v) is 2.64. The van der Waals surface area contributed by atoms with Crippen molar-refractivity contribution >= 4 is 34.8 Å². The van der Waals surface area contributed by atoms with Crippen LogP contribution in [0.2, 0.25) is 15.3 Å². The van der Waals surface area contributed by atoms with E-state index in [1.165, 1.54) is 6.20 Å². The summed E-state index contributed by atoms with van der Waals surface area (Å²) in [5.41, 5.74) is 1.67. The van der Waals surface area contributed by atoms with Crippen LogP contribution >= 0.6 is 34.8 Å². The van der Waals surface area contributed by atoms with Crippen LogP contribution in [0.5, 0.6) is 0 Å². The maximum absolute atomic E-state index is 6.25. The SMILES string of the molecule is Clc1ccccc1-c1c(Cl)nc(-c2cnccn2)nc1Cl. The molecule has 3 rings (SSSR count). The van der Waals surface area contributed by atoms with E-state index in [0.29, 0.717) is 27.7 Å². The van der Waals surface area contributed by atoms with Crippen molar-refractivity contribution in [2.24, 2.45) is 0 Å². The quantitative estimate of drug-likeness (QED) is 0.643. The Morgan fingerprint density at radius 3 is 2.19 bits per heavy atom. The maximum atomic E-state index is 6.25. The highest BCUT2D eigenvalue weighted by Crippen LogP contribution is 2.37. The minimum Gasteiger partial charge on any atom is -0.261 e. The van der Waals surface area contributed by atoms with E-state index in [0.717, 1.165) is 0 Å². The van der Waals surface area contributed by atoms with Crippen LogP contribution in [0.25, 0.3) is 22.6 Å². The van der Waals surface area contributed by atoms with Gasteiger partial charge in [-0.2, -0.15) is 0 Å². The van der Waals surface area contributed by atoms with Gasteiger partial charge in [-0.25, -0.2) is 15.0 Å². The van der Waals surface area contributed by atoms with Crippen molar-refractivity contribution in [1.82, 2.24) is 19.9 Å². The van der Waals surface area contributed by atoms with Crippen LogP contribution in [0.3, 0.4) is 0 Å². The van der Waals surface area contributed by atoms with E-state index < -0.39 is 0 Å². The van der Waals surface area contributed by atoms with Crippen LogP contribution in [0, 0.1) is 0 Å². The highest BCUT2D eigenvalue weighted by molar-refractivity contribution is 6.40. The van der Waals surface area contributed by atoms with Gasteiger partial charge in [-0.1, -0.05) is 53.0 Å². The van der Waals surface area contributed by atoms with Gasteiger partial charge in [0.05, 0.1) is 11.8 Å². The summed E-state index contributed by atoms with van der Waals surface area (Å²) < 4.78 is 0. The monoisotopic (exact) mass is 336 g/mol. The molecule has 0 N–H and O–H groups in total. The van der Waals surface area contributed by atoms with Crippen LogP contribution in [0.4, 0.5) is 0 Å². The molecule has 0 aliphatic heterocycles. The molecule has 0 spiro atoms. The molecule has 0 saturated heterocycles. The molecule has 0 unspecified atom stereocenters. The summed E-state index contributed by atoms with van der Waals surface area (Å²) in [5.74, 6) is 0.314. The van der Waals surface area contributed by atoms with Gasteiger partial charge in [0.2, 0.25) is 0 Å². The summed E-state index contributed by atoms with van der Waals surface area (Å²) in [6.45, 7) is 0. The Morgan fingerprint density at radius 1 is 0.857 bits per heavy atom. The van der Waals surface area contributed by atoms with Crippen molar-refractivity contribution in [3.63, 3.8) is 0 Å². The minimum absolute atomic E-state index is 0.212. The molecule has 0 saturated carbocycles. The molecular weight excluding hydrogens is 331 g/mol. The van der Waals surface area contributed by atoms with Gasteiger partial charge in [0.1, 0.15) is 16.0 Å². The molecule has 0 radical (unpaired) electrons. The zero-order valence-electron chi connectivity index (χ0n) is 10.5. The molecule has 0 bridgehead atoms. The van der Waals surface area contributed by atoms with Crippen molar-refractivity contribution in [1.29, 1.82) is 0 Å². The van der Waals surface area contributed by atoms with Gasteiger partial charge in [0.25, 0.3) is 0 Å². The predicted molar refractivity (Wildman–Crippen MR) is 83.5 cm³/mol. The molecule has 0 amide bonds. The first-order valence-electron chi connectivity index (χ1n) is 5.91. The van der Waals surface area contributed by atoms with Gasteiger partial charge in [0, 0.05) is 23.0 Å². The Balaban J connectivity index is 2.16. The van der Waals surface area contributed by atoms with Gasteiger partial charge in [-0.05, 0) is 6.07 Å². The number of benzene rings is 1. The fraction of sp³-hybridized carbons (Fsp3) is 0. The Hall–Kier alpha value is -1.75. The van der Waals surface area contributed by atoms with Gasteiger partial charge in [-0.15, -0.1) is 0 Å². The van der Waals surface area contributed by atoms with E-state index in [2.05, 4.69) is 19.9 Å². The average Bonchev–Trinajstić information content (AvgIpc) is 2.49. The third kappa shape index (κ3) is 2.83. The topological polar surface area (TPSA) is 51.6 Å². The van der Waals surface area contributed by atoms with E-state index >= 15 is 0 Å². The summed E-state index contributed by atoms with van der Waals surface area (Å²) in [7, 11) is 0. The number of rotatable bonds is 2. The van der Waals surface area contributed by atoms with Crippen LogP contribution in [-0.4, -0.2) is 19.9 Å². The first-order valence-corrected chi connectivity index (χ1v) is 7.04. The predicted octanol–water partition coefficient (Wildman–Crippen LogP) is 4.56. The van der Waals surface area contributed by atoms with Crippen LogP contribution in [-0.2, 0) is 0 Å². The first-order chi connectivity index (χ1) is 10.2. The zero-order chi connectivity index (χ0) is 14.8. The Labute approximate surface area is 135 Å². The van der Waals surface area contributed by atoms with Gasteiger partial charge >= 0.3 is 0 Å². The summed E-state index contributed by atoms with van der Waals surface area (Å²) in [6.07, 6.45) is 4.64. The number of hydrogen-bond donors (Lipinski definition) is 0. The summed E-state index contributed by atoms with van der Waals surface area (Å²) >= 11 is 18.7. The number of hydrogen-bond acceptors (Lipinski definition) is 4. The largest absolute Gasteiger partial charge is 0.261 e. The van der Waals surface area contributed by atoms with Crippen LogP contribution < -0.4 is 0 Å². The second kappa shape index (κ2) is 5.93. The normalized spacial score (nSPS) is 10.6. The molecule has 21 heavy (non-hydrogen) atoms. The highest BCUT2D eigenvalue weighted by Gasteiger charge is 2.17. The highest BCUT2D eigenvalue weighted by atomic mass is 35.5. The summed E-state index contributed by atoms with van der Waals surface area (Å²) in [6, 6.07) is 7.22. The Morgan fingerprint density at radius 2 is 1.57 bits per heavy atom. The number of nitrogens with zero attached hydrogens (tertiary/aromatic N) is 4. The van der Waals surface area contributed by atoms with E-state index in [-0.39, 0.29) is 10.3 Å². The fourth-order valence-electron chi connectivity index (χ4n) is 1.82. The lowest BCUT2D eigenvalue weighted by atomic mass is 10.1. The Kier molecular flexibility index (Phi) is 4.01. The number of aromatic nitrogens is 4. The van der Waals surface area contributed by atoms with Gasteiger partial charge in [0.15, 0.2) is 5.82 Å². The maximum Gasteiger partial charge on any atom is 0.182 e. The van der Waals surface area contributed by atoms with Crippen molar-refractivity contribution in [2.45, 2.75) is 0 Å². The Bertz CT molecular complexity index is 770. The molecule has 2 heterocycles. The third-order valence-electron chi connectivity index (χ3n) is 2.76.